The van der Waals surface area contributed by atoms with Gasteiger partial charge in [0.2, 0.25) is 0 Å². The molecule has 3 unspecified atom stereocenters. The third-order valence-corrected chi connectivity index (χ3v) is 4.34. The first-order chi connectivity index (χ1) is 7.41. The summed E-state index contributed by atoms with van der Waals surface area (Å²) in [5.74, 6) is 0. The molecule has 0 saturated heterocycles. The number of hydrogen-bond donors (Lipinski definition) is 2. The van der Waals surface area contributed by atoms with Crippen molar-refractivity contribution in [2.45, 2.75) is 43.1 Å². The molecule has 1 aromatic carbocycles. The second kappa shape index (κ2) is 6.05. The van der Waals surface area contributed by atoms with Crippen LogP contribution in [0.2, 0.25) is 0 Å². The van der Waals surface area contributed by atoms with E-state index in [0.717, 1.165) is 14.9 Å². The Bertz CT molecular complexity index is 355. The van der Waals surface area contributed by atoms with Gasteiger partial charge in [-0.15, -0.1) is 11.8 Å². The quantitative estimate of drug-likeness (QED) is 0.839. The molecule has 0 aliphatic carbocycles. The molecule has 3 atom stereocenters. The highest BCUT2D eigenvalue weighted by atomic mass is 79.9. The van der Waals surface area contributed by atoms with E-state index in [1.807, 2.05) is 39.0 Å². The van der Waals surface area contributed by atoms with Gasteiger partial charge in [0.15, 0.2) is 0 Å². The molecule has 0 aromatic heterocycles. The van der Waals surface area contributed by atoms with Gasteiger partial charge in [0.1, 0.15) is 0 Å². The zero-order valence-corrected chi connectivity index (χ0v) is 12.2. The lowest BCUT2D eigenvalue weighted by molar-refractivity contribution is 0.196. The predicted molar refractivity (Wildman–Crippen MR) is 73.7 cm³/mol. The molecule has 1 aromatic rings. The molecule has 0 bridgehead atoms. The zero-order chi connectivity index (χ0) is 12.3. The van der Waals surface area contributed by atoms with Crippen LogP contribution in [-0.4, -0.2) is 16.5 Å². The normalized spacial score (nSPS) is 16.9. The third kappa shape index (κ3) is 3.77. The van der Waals surface area contributed by atoms with Crippen LogP contribution in [-0.2, 0) is 0 Å². The molecule has 90 valence electrons. The number of aliphatic hydroxyl groups is 1. The summed E-state index contributed by atoms with van der Waals surface area (Å²) in [6, 6.07) is 6.10. The highest BCUT2D eigenvalue weighted by Gasteiger charge is 2.14. The van der Waals surface area contributed by atoms with E-state index in [4.69, 9.17) is 5.73 Å². The van der Waals surface area contributed by atoms with Crippen LogP contribution >= 0.6 is 27.7 Å². The highest BCUT2D eigenvalue weighted by molar-refractivity contribution is 9.10. The van der Waals surface area contributed by atoms with Gasteiger partial charge in [-0.05, 0) is 37.6 Å². The lowest BCUT2D eigenvalue weighted by Gasteiger charge is -2.18. The summed E-state index contributed by atoms with van der Waals surface area (Å²) in [4.78, 5) is 1.15. The molecule has 3 N–H and O–H groups in total. The molecule has 16 heavy (non-hydrogen) atoms. The van der Waals surface area contributed by atoms with E-state index in [9.17, 15) is 5.11 Å². The van der Waals surface area contributed by atoms with Crippen LogP contribution in [0, 0.1) is 0 Å². The van der Waals surface area contributed by atoms with Crippen LogP contribution in [0.5, 0.6) is 0 Å². The Balaban J connectivity index is 2.95. The number of aliphatic hydroxyl groups excluding tert-OH is 1. The molecule has 0 fully saturated rings. The Hall–Kier alpha value is -0.0300. The van der Waals surface area contributed by atoms with E-state index in [1.165, 1.54) is 0 Å². The molecule has 4 heteroatoms. The average Bonchev–Trinajstić information content (AvgIpc) is 2.20. The van der Waals surface area contributed by atoms with Crippen LogP contribution in [0.3, 0.4) is 0 Å². The largest absolute Gasteiger partial charge is 0.392 e. The number of halogens is 1. The van der Waals surface area contributed by atoms with Gasteiger partial charge < -0.3 is 10.8 Å². The Morgan fingerprint density at radius 1 is 1.31 bits per heavy atom. The molecule has 0 amide bonds. The lowest BCUT2D eigenvalue weighted by Crippen LogP contribution is -2.16. The fourth-order valence-corrected chi connectivity index (χ4v) is 2.79. The van der Waals surface area contributed by atoms with Crippen molar-refractivity contribution in [1.82, 2.24) is 0 Å². The van der Waals surface area contributed by atoms with Crippen molar-refractivity contribution >= 4 is 27.7 Å². The molecule has 2 nitrogen and oxygen atoms in total. The van der Waals surface area contributed by atoms with Crippen LogP contribution < -0.4 is 5.73 Å². The molecular formula is C12H18BrNOS. The van der Waals surface area contributed by atoms with Crippen molar-refractivity contribution in [3.8, 4) is 0 Å². The molecule has 0 spiro atoms. The number of rotatable bonds is 4. The van der Waals surface area contributed by atoms with Gasteiger partial charge in [0, 0.05) is 20.7 Å². The van der Waals surface area contributed by atoms with E-state index >= 15 is 0 Å². The van der Waals surface area contributed by atoms with E-state index < -0.39 is 0 Å². The molecule has 0 aliphatic heterocycles. The molecule has 0 saturated carbocycles. The standard InChI is InChI=1S/C12H18BrNOS/c1-7(14)11-6-10(13)4-5-12(11)16-9(3)8(2)15/h4-9,15H,14H2,1-3H3. The molecule has 0 heterocycles. The molecule has 0 aliphatic rings. The van der Waals surface area contributed by atoms with Gasteiger partial charge in [0.05, 0.1) is 6.10 Å². The second-order valence-corrected chi connectivity index (χ2v) is 6.37. The molecule has 1 rings (SSSR count). The van der Waals surface area contributed by atoms with Crippen LogP contribution in [0.1, 0.15) is 32.4 Å². The summed E-state index contributed by atoms with van der Waals surface area (Å²) in [5.41, 5.74) is 7.06. The minimum atomic E-state index is -0.324. The maximum atomic E-state index is 9.50. The van der Waals surface area contributed by atoms with Crippen LogP contribution in [0.15, 0.2) is 27.6 Å². The Labute approximate surface area is 110 Å². The van der Waals surface area contributed by atoms with Crippen LogP contribution in [0.25, 0.3) is 0 Å². The summed E-state index contributed by atoms with van der Waals surface area (Å²) >= 11 is 5.11. The molecular weight excluding hydrogens is 286 g/mol. The predicted octanol–water partition coefficient (Wildman–Crippen LogP) is 3.33. The maximum Gasteiger partial charge on any atom is 0.0631 e. The van der Waals surface area contributed by atoms with E-state index in [0.29, 0.717) is 0 Å². The first kappa shape index (κ1) is 14.0. The minimum Gasteiger partial charge on any atom is -0.392 e. The first-order valence-electron chi connectivity index (χ1n) is 5.31. The van der Waals surface area contributed by atoms with E-state index in [1.54, 1.807) is 11.8 Å². The van der Waals surface area contributed by atoms with Crippen molar-refractivity contribution in [2.75, 3.05) is 0 Å². The van der Waals surface area contributed by atoms with Gasteiger partial charge in [-0.2, -0.15) is 0 Å². The van der Waals surface area contributed by atoms with E-state index in [2.05, 4.69) is 15.9 Å². The van der Waals surface area contributed by atoms with Crippen molar-refractivity contribution in [3.63, 3.8) is 0 Å². The Kier molecular flexibility index (Phi) is 5.31. The van der Waals surface area contributed by atoms with Gasteiger partial charge >= 0.3 is 0 Å². The van der Waals surface area contributed by atoms with E-state index in [-0.39, 0.29) is 17.4 Å². The number of hydrogen-bond acceptors (Lipinski definition) is 3. The topological polar surface area (TPSA) is 46.2 Å². The van der Waals surface area contributed by atoms with Crippen molar-refractivity contribution in [3.05, 3.63) is 28.2 Å². The number of benzene rings is 1. The van der Waals surface area contributed by atoms with Crippen molar-refractivity contribution in [1.29, 1.82) is 0 Å². The SMILES string of the molecule is CC(N)c1cc(Br)ccc1SC(C)C(C)O. The van der Waals surface area contributed by atoms with Gasteiger partial charge in [0.25, 0.3) is 0 Å². The summed E-state index contributed by atoms with van der Waals surface area (Å²) in [6.45, 7) is 5.79. The Morgan fingerprint density at radius 2 is 1.94 bits per heavy atom. The summed E-state index contributed by atoms with van der Waals surface area (Å²) < 4.78 is 1.04. The average molecular weight is 304 g/mol. The van der Waals surface area contributed by atoms with Gasteiger partial charge in [-0.1, -0.05) is 22.9 Å². The summed E-state index contributed by atoms with van der Waals surface area (Å²) in [6.07, 6.45) is -0.324. The van der Waals surface area contributed by atoms with Crippen molar-refractivity contribution in [2.24, 2.45) is 5.73 Å². The van der Waals surface area contributed by atoms with Gasteiger partial charge in [-0.25, -0.2) is 0 Å². The minimum absolute atomic E-state index is 0.00111. The lowest BCUT2D eigenvalue weighted by atomic mass is 10.1. The van der Waals surface area contributed by atoms with Gasteiger partial charge in [-0.3, -0.25) is 0 Å². The fourth-order valence-electron chi connectivity index (χ4n) is 1.28. The van der Waals surface area contributed by atoms with Crippen LogP contribution in [0.4, 0.5) is 0 Å². The third-order valence-electron chi connectivity index (χ3n) is 2.45. The first-order valence-corrected chi connectivity index (χ1v) is 6.99. The summed E-state index contributed by atoms with van der Waals surface area (Å²) in [7, 11) is 0. The number of nitrogens with two attached hydrogens (primary N) is 1. The Morgan fingerprint density at radius 3 is 2.44 bits per heavy atom. The highest BCUT2D eigenvalue weighted by Crippen LogP contribution is 2.32. The smallest absolute Gasteiger partial charge is 0.0631 e. The van der Waals surface area contributed by atoms with Crippen molar-refractivity contribution < 1.29 is 5.11 Å². The number of thioether (sulfide) groups is 1. The second-order valence-electron chi connectivity index (χ2n) is 4.03. The summed E-state index contributed by atoms with van der Waals surface area (Å²) in [5, 5.41) is 9.67. The zero-order valence-electron chi connectivity index (χ0n) is 9.77. The monoisotopic (exact) mass is 303 g/mol. The molecule has 0 radical (unpaired) electrons. The maximum absolute atomic E-state index is 9.50. The fraction of sp³-hybridized carbons (Fsp3) is 0.500.